The van der Waals surface area contributed by atoms with E-state index in [0.29, 0.717) is 55.1 Å². The molecular weight excluding hydrogens is 833 g/mol. The van der Waals surface area contributed by atoms with Crippen LogP contribution >= 0.6 is 0 Å². The van der Waals surface area contributed by atoms with Crippen LogP contribution in [0.4, 0.5) is 0 Å². The van der Waals surface area contributed by atoms with E-state index in [1.165, 1.54) is 14.2 Å². The molecule has 3 aliphatic rings. The minimum Gasteiger partial charge on any atom is -0.469 e. The van der Waals surface area contributed by atoms with E-state index in [0.717, 1.165) is 87.0 Å². The van der Waals surface area contributed by atoms with Crippen LogP contribution in [0.3, 0.4) is 0 Å². The van der Waals surface area contributed by atoms with E-state index in [-0.39, 0.29) is 23.8 Å². The van der Waals surface area contributed by atoms with E-state index in [9.17, 15) is 19.2 Å². The lowest BCUT2D eigenvalue weighted by atomic mass is 9.64. The maximum Gasteiger partial charge on any atom is 0.334 e. The molecule has 2 atom stereocenters. The molecule has 3 aromatic heterocycles. The van der Waals surface area contributed by atoms with Gasteiger partial charge in [-0.15, -0.1) is 0 Å². The number of unbranched alkanes of at least 4 members (excludes halogenated alkanes) is 1. The number of methoxy groups -OCH3 is 2. The van der Waals surface area contributed by atoms with Crippen LogP contribution in [0, 0.1) is 19.8 Å². The number of H-pyrrole nitrogens is 2. The first-order chi connectivity index (χ1) is 31.3. The summed E-state index contributed by atoms with van der Waals surface area (Å²) in [6.45, 7) is 15.2. The summed E-state index contributed by atoms with van der Waals surface area (Å²) >= 11 is 0. The first-order valence-electron chi connectivity index (χ1n) is 22.8. The number of rotatable bonds is 17. The monoisotopic (exact) mass is 901 g/mol. The van der Waals surface area contributed by atoms with Crippen molar-refractivity contribution in [3.8, 4) is 0 Å². The van der Waals surface area contributed by atoms with Gasteiger partial charge in [0.2, 0.25) is 11.8 Å². The Morgan fingerprint density at radius 2 is 1.27 bits per heavy atom. The van der Waals surface area contributed by atoms with Crippen LogP contribution in [0.15, 0.2) is 54.6 Å². The van der Waals surface area contributed by atoms with Crippen LogP contribution in [-0.4, -0.2) is 146 Å². The van der Waals surface area contributed by atoms with E-state index in [1.807, 2.05) is 78.1 Å². The molecule has 2 aliphatic heterocycles. The second kappa shape index (κ2) is 20.6. The molecule has 5 heterocycles. The normalized spacial score (nSPS) is 16.8. The second-order valence-electron chi connectivity index (χ2n) is 18.5. The Hall–Kier alpha value is -6.12. The lowest BCUT2D eigenvalue weighted by Gasteiger charge is -2.36. The van der Waals surface area contributed by atoms with E-state index in [2.05, 4.69) is 53.4 Å². The number of fused-ring (bicyclic) bond motifs is 11. The van der Waals surface area contributed by atoms with Gasteiger partial charge in [0.05, 0.1) is 48.0 Å². The first-order valence-corrected chi connectivity index (χ1v) is 22.8. The molecular formula is C52H68N8O6. The average molecular weight is 901 g/mol. The first kappa shape index (κ1) is 49.3. The zero-order valence-corrected chi connectivity index (χ0v) is 41.0. The van der Waals surface area contributed by atoms with Crippen LogP contribution in [0.5, 0.6) is 0 Å². The summed E-state index contributed by atoms with van der Waals surface area (Å²) in [6, 6.07) is 7.97. The summed E-state index contributed by atoms with van der Waals surface area (Å²) < 4.78 is 10.6. The highest BCUT2D eigenvalue weighted by Crippen LogP contribution is 2.52. The molecule has 0 saturated carbocycles. The Bertz CT molecular complexity index is 2680. The van der Waals surface area contributed by atoms with Gasteiger partial charge in [0.15, 0.2) is 0 Å². The minimum absolute atomic E-state index is 0.0298. The van der Waals surface area contributed by atoms with E-state index in [1.54, 1.807) is 17.1 Å². The van der Waals surface area contributed by atoms with Gasteiger partial charge in [-0.05, 0) is 146 Å². The van der Waals surface area contributed by atoms with Crippen molar-refractivity contribution in [1.82, 2.24) is 39.5 Å². The Morgan fingerprint density at radius 1 is 0.697 bits per heavy atom. The molecule has 8 bridgehead atoms. The number of carbonyl (C=O) groups excluding carboxylic acids is 4. The summed E-state index contributed by atoms with van der Waals surface area (Å²) in [4.78, 5) is 80.2. The largest absolute Gasteiger partial charge is 0.469 e. The Morgan fingerprint density at radius 3 is 1.83 bits per heavy atom. The third-order valence-electron chi connectivity index (χ3n) is 13.6. The minimum atomic E-state index is -1.17. The number of hydrogen-bond acceptors (Lipinski definition) is 10. The van der Waals surface area contributed by atoms with Crippen molar-refractivity contribution in [1.29, 1.82) is 0 Å². The fraction of sp³-hybridized carbons (Fsp3) is 0.462. The molecule has 0 saturated heterocycles. The molecule has 14 heteroatoms. The summed E-state index contributed by atoms with van der Waals surface area (Å²) in [5.41, 5.74) is 11.1. The van der Waals surface area contributed by atoms with Gasteiger partial charge in [-0.3, -0.25) is 19.4 Å². The van der Waals surface area contributed by atoms with Gasteiger partial charge in [-0.1, -0.05) is 24.8 Å². The second-order valence-corrected chi connectivity index (χ2v) is 18.5. The fourth-order valence-electron chi connectivity index (χ4n) is 9.35. The van der Waals surface area contributed by atoms with E-state index >= 15 is 0 Å². The zero-order valence-electron chi connectivity index (χ0n) is 41.0. The molecule has 66 heavy (non-hydrogen) atoms. The molecule has 0 aromatic carbocycles. The maximum atomic E-state index is 13.9. The maximum absolute atomic E-state index is 13.9. The van der Waals surface area contributed by atoms with Gasteiger partial charge in [0.1, 0.15) is 5.92 Å². The quantitative estimate of drug-likeness (QED) is 0.107. The molecule has 14 nitrogen and oxygen atoms in total. The molecule has 0 fully saturated rings. The Balaban J connectivity index is 1.62. The number of aromatic nitrogens is 4. The zero-order chi connectivity index (χ0) is 48.2. The molecule has 0 radical (unpaired) electrons. The number of carbonyl (C=O) groups is 4. The number of hydrogen-bond donors (Lipinski definition) is 2. The molecule has 1 aliphatic carbocycles. The van der Waals surface area contributed by atoms with Crippen LogP contribution in [0.1, 0.15) is 84.6 Å². The Kier molecular flexibility index (Phi) is 15.4. The number of aromatic amines is 2. The number of allylic oxidation sites excluding steroid dienone is 6. The molecule has 2 N–H and O–H groups in total. The number of esters is 2. The van der Waals surface area contributed by atoms with Crippen LogP contribution in [-0.2, 0) is 46.9 Å². The molecule has 6 rings (SSSR count). The van der Waals surface area contributed by atoms with Crippen molar-refractivity contribution in [3.05, 3.63) is 99.7 Å². The average Bonchev–Trinajstić information content (AvgIpc) is 3.94. The van der Waals surface area contributed by atoms with E-state index in [4.69, 9.17) is 19.4 Å². The lowest BCUT2D eigenvalue weighted by Crippen LogP contribution is -2.42. The number of nitrogens with zero attached hydrogens (tertiary/aromatic N) is 6. The summed E-state index contributed by atoms with van der Waals surface area (Å²) in [6.07, 6.45) is 8.75. The fourth-order valence-corrected chi connectivity index (χ4v) is 9.35. The van der Waals surface area contributed by atoms with Gasteiger partial charge in [0.25, 0.3) is 0 Å². The van der Waals surface area contributed by atoms with Gasteiger partial charge < -0.3 is 39.0 Å². The number of likely N-dealkylation sites (N-methyl/N-ethyl adjacent to an activating group) is 2. The van der Waals surface area contributed by atoms with Crippen molar-refractivity contribution in [3.63, 3.8) is 0 Å². The van der Waals surface area contributed by atoms with Crippen LogP contribution in [0.25, 0.3) is 38.8 Å². The van der Waals surface area contributed by atoms with Gasteiger partial charge in [-0.2, -0.15) is 0 Å². The molecule has 352 valence electrons. The van der Waals surface area contributed by atoms with Crippen LogP contribution in [0.2, 0.25) is 0 Å². The summed E-state index contributed by atoms with van der Waals surface area (Å²) in [7, 11) is 14.4. The predicted octanol–water partition coefficient (Wildman–Crippen LogP) is 6.98. The molecule has 2 amide bonds. The molecule has 1 unspecified atom stereocenters. The van der Waals surface area contributed by atoms with Gasteiger partial charge in [-0.25, -0.2) is 9.78 Å². The number of ether oxygens (including phenoxy) is 2. The third kappa shape index (κ3) is 9.99. The number of nitrogens with one attached hydrogen (secondary N) is 2. The predicted molar refractivity (Wildman–Crippen MR) is 262 cm³/mol. The number of amides is 2. The highest BCUT2D eigenvalue weighted by molar-refractivity contribution is 6.02. The van der Waals surface area contributed by atoms with Crippen molar-refractivity contribution in [2.24, 2.45) is 5.92 Å². The molecule has 3 aromatic rings. The van der Waals surface area contributed by atoms with Crippen LogP contribution < -0.4 is 0 Å². The number of aryl methyl sites for hydroxylation is 4. The lowest BCUT2D eigenvalue weighted by molar-refractivity contribution is -0.149. The van der Waals surface area contributed by atoms with Crippen molar-refractivity contribution in [2.75, 3.05) is 82.7 Å². The highest BCUT2D eigenvalue weighted by atomic mass is 16.5. The highest BCUT2D eigenvalue weighted by Gasteiger charge is 2.53. The standard InChI is InChI=1S/C52H68N8O6/c1-14-34-31(2)40-28-45-38-20-17-37(50(63)65-12)49(51(64)66-13)52(38,5)46(56-45)30-41-33(4)36(19-22-48(62)60(11)26-25-58(8)9)44(55-41)29-43-35(32(3)39(54-43)27-42(34)53-40)18-21-47(61)59(10)24-16-15-23-57(6)7/h14,17,20,27-30,49,54-55H,1,15-16,18-19,21-26H2,2-13H3/t49?,52-/m1/s1. The van der Waals surface area contributed by atoms with Gasteiger partial charge >= 0.3 is 11.9 Å². The Labute approximate surface area is 389 Å². The van der Waals surface area contributed by atoms with Crippen molar-refractivity contribution >= 4 is 62.5 Å². The van der Waals surface area contributed by atoms with E-state index < -0.39 is 23.3 Å². The topological polar surface area (TPSA) is 157 Å². The van der Waals surface area contributed by atoms with Crippen molar-refractivity contribution < 1.29 is 28.7 Å². The van der Waals surface area contributed by atoms with Crippen molar-refractivity contribution in [2.45, 2.75) is 71.6 Å². The molecule has 0 spiro atoms. The summed E-state index contributed by atoms with van der Waals surface area (Å²) in [5.74, 6) is -2.21. The smallest absolute Gasteiger partial charge is 0.334 e. The SMILES string of the molecule is C=CC1=C(C)c2cc3nc(cc4[nH]c(cc5[nH]c(cc1n2)c(C)c5CCC(=O)N(C)CCCCN(C)C)c(CCC(=O)N(C)CCN(C)C)c4C)[C@@]1(C)C3=CC=C(C(=O)OC)C1C(=O)OC. The van der Waals surface area contributed by atoms with Gasteiger partial charge in [0, 0.05) is 74.2 Å². The third-order valence-corrected chi connectivity index (χ3v) is 13.6. The summed E-state index contributed by atoms with van der Waals surface area (Å²) in [5, 5.41) is 0.